The number of hydrogen-bond donors (Lipinski definition) is 1. The van der Waals surface area contributed by atoms with Crippen molar-refractivity contribution in [3.05, 3.63) is 35.4 Å². The molecule has 2 nitrogen and oxygen atoms in total. The van der Waals surface area contributed by atoms with Crippen molar-refractivity contribution >= 4 is 0 Å². The number of hydrogen-bond acceptors (Lipinski definition) is 2. The van der Waals surface area contributed by atoms with E-state index in [1.54, 1.807) is 0 Å². The van der Waals surface area contributed by atoms with Gasteiger partial charge in [-0.2, -0.15) is 0 Å². The van der Waals surface area contributed by atoms with E-state index in [1.807, 2.05) is 0 Å². The van der Waals surface area contributed by atoms with Crippen molar-refractivity contribution in [1.82, 2.24) is 4.90 Å². The predicted molar refractivity (Wildman–Crippen MR) is 84.8 cm³/mol. The Morgan fingerprint density at radius 3 is 2.70 bits per heavy atom. The minimum Gasteiger partial charge on any atom is -0.329 e. The van der Waals surface area contributed by atoms with Crippen LogP contribution < -0.4 is 5.73 Å². The van der Waals surface area contributed by atoms with Gasteiger partial charge in [0.15, 0.2) is 0 Å². The molecule has 1 aromatic rings. The monoisotopic (exact) mass is 272 g/mol. The fourth-order valence-electron chi connectivity index (χ4n) is 3.66. The first-order chi connectivity index (χ1) is 9.69. The second-order valence-corrected chi connectivity index (χ2v) is 6.92. The molecule has 1 aliphatic heterocycles. The molecule has 1 aromatic carbocycles. The number of nitrogens with two attached hydrogens (primary N) is 1. The van der Waals surface area contributed by atoms with Crippen LogP contribution in [0.5, 0.6) is 0 Å². The van der Waals surface area contributed by atoms with E-state index < -0.39 is 0 Å². The highest BCUT2D eigenvalue weighted by atomic mass is 15.2. The first-order valence-electron chi connectivity index (χ1n) is 8.24. The van der Waals surface area contributed by atoms with Crippen LogP contribution in [0.15, 0.2) is 24.3 Å². The van der Waals surface area contributed by atoms with Crippen molar-refractivity contribution in [1.29, 1.82) is 0 Å². The van der Waals surface area contributed by atoms with Crippen LogP contribution in [0.1, 0.15) is 62.6 Å². The summed E-state index contributed by atoms with van der Waals surface area (Å²) in [5, 5.41) is 0. The maximum Gasteiger partial charge on any atom is 0.0473 e. The quantitative estimate of drug-likeness (QED) is 0.906. The molecule has 1 saturated heterocycles. The van der Waals surface area contributed by atoms with E-state index in [4.69, 9.17) is 5.73 Å². The van der Waals surface area contributed by atoms with E-state index in [1.165, 1.54) is 43.4 Å². The minimum absolute atomic E-state index is 0.395. The zero-order valence-corrected chi connectivity index (χ0v) is 12.9. The lowest BCUT2D eigenvalue weighted by molar-refractivity contribution is 0.0798. The summed E-state index contributed by atoms with van der Waals surface area (Å²) in [6.07, 6.45) is 5.40. The first kappa shape index (κ1) is 14.1. The average molecular weight is 272 g/mol. The minimum atomic E-state index is 0.395. The third kappa shape index (κ3) is 2.91. The van der Waals surface area contributed by atoms with Crippen LogP contribution >= 0.6 is 0 Å². The molecule has 0 spiro atoms. The molecule has 2 heteroatoms. The largest absolute Gasteiger partial charge is 0.329 e. The van der Waals surface area contributed by atoms with E-state index in [9.17, 15) is 0 Å². The molecule has 1 saturated carbocycles. The molecule has 3 atom stereocenters. The van der Waals surface area contributed by atoms with Gasteiger partial charge in [0.2, 0.25) is 0 Å². The number of rotatable bonds is 4. The van der Waals surface area contributed by atoms with Gasteiger partial charge >= 0.3 is 0 Å². The van der Waals surface area contributed by atoms with Gasteiger partial charge in [0.05, 0.1) is 0 Å². The van der Waals surface area contributed by atoms with Gasteiger partial charge < -0.3 is 5.73 Å². The first-order valence-corrected chi connectivity index (χ1v) is 8.24. The Balaban J connectivity index is 1.82. The summed E-state index contributed by atoms with van der Waals surface area (Å²) in [4.78, 5) is 2.64. The fraction of sp³-hybridized carbons (Fsp3) is 0.667. The average Bonchev–Trinajstić information content (AvgIpc) is 3.28. The molecule has 2 aliphatic rings. The predicted octanol–water partition coefficient (Wildman–Crippen LogP) is 3.68. The molecule has 1 aliphatic carbocycles. The van der Waals surface area contributed by atoms with Gasteiger partial charge in [0, 0.05) is 25.2 Å². The normalized spacial score (nSPS) is 29.4. The van der Waals surface area contributed by atoms with Crippen LogP contribution in [0.4, 0.5) is 0 Å². The number of piperidine rings is 1. The van der Waals surface area contributed by atoms with Gasteiger partial charge in [-0.3, -0.25) is 4.90 Å². The Hall–Kier alpha value is -0.860. The Morgan fingerprint density at radius 1 is 1.20 bits per heavy atom. The van der Waals surface area contributed by atoms with Crippen molar-refractivity contribution < 1.29 is 0 Å². The summed E-state index contributed by atoms with van der Waals surface area (Å²) in [5.74, 6) is 1.62. The number of benzene rings is 1. The molecule has 2 fully saturated rings. The molecule has 2 N–H and O–H groups in total. The van der Waals surface area contributed by atoms with Crippen LogP contribution in [0, 0.1) is 5.92 Å². The lowest BCUT2D eigenvalue weighted by Crippen LogP contribution is -2.45. The highest BCUT2D eigenvalue weighted by molar-refractivity contribution is 5.31. The molecule has 1 heterocycles. The summed E-state index contributed by atoms with van der Waals surface area (Å²) in [7, 11) is 0. The summed E-state index contributed by atoms with van der Waals surface area (Å²) >= 11 is 0. The molecule has 0 aromatic heterocycles. The van der Waals surface area contributed by atoms with E-state index in [2.05, 4.69) is 43.0 Å². The molecule has 0 bridgehead atoms. The van der Waals surface area contributed by atoms with Crippen LogP contribution in [0.3, 0.4) is 0 Å². The molecule has 0 amide bonds. The van der Waals surface area contributed by atoms with Crippen molar-refractivity contribution in [2.45, 2.75) is 57.5 Å². The van der Waals surface area contributed by atoms with E-state index in [0.717, 1.165) is 18.4 Å². The zero-order valence-electron chi connectivity index (χ0n) is 12.9. The molecule has 3 rings (SSSR count). The molecule has 0 radical (unpaired) electrons. The number of nitrogens with zero attached hydrogens (tertiary/aromatic N) is 1. The molecular formula is C18H28N2. The Morgan fingerprint density at radius 2 is 2.00 bits per heavy atom. The molecule has 20 heavy (non-hydrogen) atoms. The van der Waals surface area contributed by atoms with E-state index in [0.29, 0.717) is 12.1 Å². The lowest BCUT2D eigenvalue weighted by Gasteiger charge is -2.42. The summed E-state index contributed by atoms with van der Waals surface area (Å²) < 4.78 is 0. The SMILES string of the molecule is CC1CCC(C)N(C(CN)c2cccc(C3CC3)c2)C1. The van der Waals surface area contributed by atoms with Gasteiger partial charge in [0.1, 0.15) is 0 Å². The van der Waals surface area contributed by atoms with E-state index >= 15 is 0 Å². The van der Waals surface area contributed by atoms with Gasteiger partial charge in [0.25, 0.3) is 0 Å². The number of likely N-dealkylation sites (tertiary alicyclic amines) is 1. The van der Waals surface area contributed by atoms with Crippen LogP contribution in [-0.2, 0) is 0 Å². The molecule has 110 valence electrons. The standard InChI is InChI=1S/C18H28N2/c1-13-6-7-14(2)20(12-13)18(11-19)17-5-3-4-16(10-17)15-8-9-15/h3-5,10,13-15,18H,6-9,11-12,19H2,1-2H3. The smallest absolute Gasteiger partial charge is 0.0473 e. The van der Waals surface area contributed by atoms with Gasteiger partial charge in [-0.1, -0.05) is 31.2 Å². The van der Waals surface area contributed by atoms with Gasteiger partial charge in [-0.15, -0.1) is 0 Å². The highest BCUT2D eigenvalue weighted by Crippen LogP contribution is 2.41. The third-order valence-corrected chi connectivity index (χ3v) is 5.13. The summed E-state index contributed by atoms with van der Waals surface area (Å²) in [6.45, 7) is 6.65. The maximum absolute atomic E-state index is 6.14. The van der Waals surface area contributed by atoms with Crippen LogP contribution in [0.25, 0.3) is 0 Å². The fourth-order valence-corrected chi connectivity index (χ4v) is 3.66. The third-order valence-electron chi connectivity index (χ3n) is 5.13. The van der Waals surface area contributed by atoms with E-state index in [-0.39, 0.29) is 0 Å². The van der Waals surface area contributed by atoms with Crippen molar-refractivity contribution in [3.8, 4) is 0 Å². The Labute approximate surface area is 123 Å². The Bertz CT molecular complexity index is 452. The van der Waals surface area contributed by atoms with Gasteiger partial charge in [-0.25, -0.2) is 0 Å². The maximum atomic E-state index is 6.14. The van der Waals surface area contributed by atoms with Crippen LogP contribution in [0.2, 0.25) is 0 Å². The Kier molecular flexibility index (Phi) is 4.13. The lowest BCUT2D eigenvalue weighted by atomic mass is 9.91. The van der Waals surface area contributed by atoms with Crippen molar-refractivity contribution in [2.75, 3.05) is 13.1 Å². The van der Waals surface area contributed by atoms with Crippen molar-refractivity contribution in [3.63, 3.8) is 0 Å². The highest BCUT2D eigenvalue weighted by Gasteiger charge is 2.30. The van der Waals surface area contributed by atoms with Gasteiger partial charge in [-0.05, 0) is 55.6 Å². The molecule has 3 unspecified atom stereocenters. The second-order valence-electron chi connectivity index (χ2n) is 6.92. The van der Waals surface area contributed by atoms with Crippen LogP contribution in [-0.4, -0.2) is 24.0 Å². The zero-order chi connectivity index (χ0) is 14.1. The topological polar surface area (TPSA) is 29.3 Å². The second kappa shape index (κ2) is 5.87. The summed E-state index contributed by atoms with van der Waals surface area (Å²) in [5.41, 5.74) is 9.10. The van der Waals surface area contributed by atoms with Crippen molar-refractivity contribution in [2.24, 2.45) is 11.7 Å². The molecular weight excluding hydrogens is 244 g/mol. The summed E-state index contributed by atoms with van der Waals surface area (Å²) in [6, 6.07) is 10.3.